The van der Waals surface area contributed by atoms with Crippen molar-refractivity contribution in [2.24, 2.45) is 5.92 Å². The van der Waals surface area contributed by atoms with Gasteiger partial charge in [0, 0.05) is 10.8 Å². The number of cyclic esters (lactones) is 1. The third-order valence-corrected chi connectivity index (χ3v) is 6.16. The average molecular weight is 305 g/mol. The van der Waals surface area contributed by atoms with Crippen molar-refractivity contribution in [1.82, 2.24) is 4.98 Å². The highest BCUT2D eigenvalue weighted by Gasteiger charge is 2.49. The number of nitrogens with one attached hydrogen (secondary N) is 1. The van der Waals surface area contributed by atoms with Crippen LogP contribution in [0.5, 0.6) is 0 Å². The molecule has 1 N–H and O–H groups in total. The van der Waals surface area contributed by atoms with Crippen LogP contribution in [-0.2, 0) is 9.53 Å². The monoisotopic (exact) mass is 305 g/mol. The molecule has 0 saturated carbocycles. The summed E-state index contributed by atoms with van der Waals surface area (Å²) < 4.78 is 5.24. The van der Waals surface area contributed by atoms with Gasteiger partial charge in [-0.1, -0.05) is 53.4 Å². The largest absolute Gasteiger partial charge is 0.464 e. The number of ether oxygens (including phenoxy) is 1. The molecule has 4 rings (SSSR count). The Balaban J connectivity index is 1.91. The molecule has 3 heterocycles. The molecule has 2 aromatic rings. The van der Waals surface area contributed by atoms with Crippen molar-refractivity contribution in [3.63, 3.8) is 0 Å². The van der Waals surface area contributed by atoms with Gasteiger partial charge >= 0.3 is 10.8 Å². The summed E-state index contributed by atoms with van der Waals surface area (Å²) in [4.78, 5) is 27.5. The maximum atomic E-state index is 12.1. The number of hydrogen-bond donors (Lipinski definition) is 1. The average Bonchev–Trinajstić information content (AvgIpc) is 3.00. The SMILES string of the molecule is O=C1OC[C@H]2Sc3[nH]c(=O)sc3[C@@H](c3ccccc3)[C@@H]12. The summed E-state index contributed by atoms with van der Waals surface area (Å²) in [6, 6.07) is 9.89. The smallest absolute Gasteiger partial charge is 0.311 e. The third kappa shape index (κ3) is 1.75. The van der Waals surface area contributed by atoms with Gasteiger partial charge < -0.3 is 9.72 Å². The van der Waals surface area contributed by atoms with Crippen molar-refractivity contribution >= 4 is 29.1 Å². The van der Waals surface area contributed by atoms with Gasteiger partial charge in [0.1, 0.15) is 6.61 Å². The normalized spacial score (nSPS) is 27.8. The second kappa shape index (κ2) is 4.49. The van der Waals surface area contributed by atoms with Gasteiger partial charge in [0.05, 0.1) is 16.2 Å². The van der Waals surface area contributed by atoms with Gasteiger partial charge in [0.15, 0.2) is 0 Å². The number of benzene rings is 1. The Bertz CT molecular complexity index is 722. The summed E-state index contributed by atoms with van der Waals surface area (Å²) in [6.07, 6.45) is 0. The molecule has 2 aliphatic heterocycles. The number of hydrogen-bond acceptors (Lipinski definition) is 5. The zero-order valence-electron chi connectivity index (χ0n) is 10.4. The van der Waals surface area contributed by atoms with Gasteiger partial charge in [-0.05, 0) is 5.56 Å². The van der Waals surface area contributed by atoms with Crippen LogP contribution in [0.15, 0.2) is 40.2 Å². The number of carbonyl (C=O) groups excluding carboxylic acids is 1. The molecule has 1 aromatic carbocycles. The van der Waals surface area contributed by atoms with E-state index in [2.05, 4.69) is 4.98 Å². The van der Waals surface area contributed by atoms with Gasteiger partial charge in [-0.15, -0.1) is 0 Å². The fraction of sp³-hybridized carbons (Fsp3) is 0.286. The number of thiazole rings is 1. The molecular formula is C14H11NO3S2. The lowest BCUT2D eigenvalue weighted by molar-refractivity contribution is -0.141. The van der Waals surface area contributed by atoms with E-state index in [1.165, 1.54) is 11.3 Å². The summed E-state index contributed by atoms with van der Waals surface area (Å²) in [6.45, 7) is 0.425. The number of aromatic amines is 1. The summed E-state index contributed by atoms with van der Waals surface area (Å²) in [5, 5.41) is 0.985. The zero-order valence-corrected chi connectivity index (χ0v) is 12.0. The lowest BCUT2D eigenvalue weighted by Gasteiger charge is -2.29. The third-order valence-electron chi connectivity index (χ3n) is 3.77. The van der Waals surface area contributed by atoms with Gasteiger partial charge in [-0.2, -0.15) is 0 Å². The topological polar surface area (TPSA) is 59.2 Å². The molecule has 0 spiro atoms. The predicted octanol–water partition coefficient (Wildman–Crippen LogP) is 2.22. The van der Waals surface area contributed by atoms with Crippen LogP contribution in [0.4, 0.5) is 0 Å². The van der Waals surface area contributed by atoms with E-state index in [1.807, 2.05) is 30.3 Å². The number of thioether (sulfide) groups is 1. The highest BCUT2D eigenvalue weighted by atomic mass is 32.2. The predicted molar refractivity (Wildman–Crippen MR) is 77.3 cm³/mol. The minimum Gasteiger partial charge on any atom is -0.464 e. The molecule has 1 fully saturated rings. The molecule has 2 aliphatic rings. The standard InChI is InChI=1S/C14H11NO3S2/c16-13-10-8(6-18-13)19-12-11(20-14(17)15-12)9(10)7-4-2-1-3-5-7/h1-5,8-10H,6H2,(H,15,17)/t8-,9+,10+/m1/s1. The van der Waals surface area contributed by atoms with Crippen LogP contribution in [0, 0.1) is 5.92 Å². The van der Waals surface area contributed by atoms with Gasteiger partial charge in [0.25, 0.3) is 0 Å². The van der Waals surface area contributed by atoms with E-state index >= 15 is 0 Å². The van der Waals surface area contributed by atoms with E-state index in [1.54, 1.807) is 11.8 Å². The maximum absolute atomic E-state index is 12.1. The molecule has 0 unspecified atom stereocenters. The van der Waals surface area contributed by atoms with E-state index in [0.29, 0.717) is 6.61 Å². The van der Waals surface area contributed by atoms with Crippen LogP contribution >= 0.6 is 23.1 Å². The van der Waals surface area contributed by atoms with Crippen molar-refractivity contribution in [2.75, 3.05) is 6.61 Å². The Hall–Kier alpha value is -1.53. The maximum Gasteiger partial charge on any atom is 0.311 e. The highest BCUT2D eigenvalue weighted by Crippen LogP contribution is 2.51. The lowest BCUT2D eigenvalue weighted by atomic mass is 9.83. The van der Waals surface area contributed by atoms with Gasteiger partial charge in [0.2, 0.25) is 0 Å². The minimum absolute atomic E-state index is 0.0585. The van der Waals surface area contributed by atoms with Crippen molar-refractivity contribution < 1.29 is 9.53 Å². The summed E-state index contributed by atoms with van der Waals surface area (Å²) >= 11 is 2.76. The Morgan fingerprint density at radius 3 is 2.80 bits per heavy atom. The molecular weight excluding hydrogens is 294 g/mol. The molecule has 0 aliphatic carbocycles. The van der Waals surface area contributed by atoms with Crippen molar-refractivity contribution in [3.05, 3.63) is 50.4 Å². The van der Waals surface area contributed by atoms with E-state index in [9.17, 15) is 9.59 Å². The number of esters is 1. The molecule has 0 amide bonds. The lowest BCUT2D eigenvalue weighted by Crippen LogP contribution is -2.29. The highest BCUT2D eigenvalue weighted by molar-refractivity contribution is 8.00. The Kier molecular flexibility index (Phi) is 2.75. The van der Waals surface area contributed by atoms with Crippen LogP contribution in [0.2, 0.25) is 0 Å². The van der Waals surface area contributed by atoms with E-state index in [4.69, 9.17) is 4.74 Å². The number of H-pyrrole nitrogens is 1. The quantitative estimate of drug-likeness (QED) is 0.821. The first-order valence-corrected chi connectivity index (χ1v) is 8.05. The van der Waals surface area contributed by atoms with E-state index in [-0.39, 0.29) is 27.9 Å². The van der Waals surface area contributed by atoms with Crippen molar-refractivity contribution in [3.8, 4) is 0 Å². The Morgan fingerprint density at radius 1 is 1.20 bits per heavy atom. The first kappa shape index (κ1) is 12.2. The van der Waals surface area contributed by atoms with Gasteiger partial charge in [-0.3, -0.25) is 9.59 Å². The number of carbonyl (C=O) groups is 1. The van der Waals surface area contributed by atoms with Crippen LogP contribution in [0.1, 0.15) is 16.4 Å². The molecule has 1 aromatic heterocycles. The number of rotatable bonds is 1. The second-order valence-corrected chi connectivity index (χ2v) is 7.17. The molecule has 4 nitrogen and oxygen atoms in total. The minimum atomic E-state index is -0.193. The second-order valence-electron chi connectivity index (χ2n) is 4.91. The molecule has 3 atom stereocenters. The van der Waals surface area contributed by atoms with E-state index in [0.717, 1.165) is 15.5 Å². The summed E-state index contributed by atoms with van der Waals surface area (Å²) in [5.74, 6) is -0.416. The molecule has 0 radical (unpaired) electrons. The molecule has 0 bridgehead atoms. The zero-order chi connectivity index (χ0) is 13.7. The first-order valence-electron chi connectivity index (χ1n) is 6.35. The van der Waals surface area contributed by atoms with E-state index < -0.39 is 0 Å². The Morgan fingerprint density at radius 2 is 2.00 bits per heavy atom. The van der Waals surface area contributed by atoms with Crippen molar-refractivity contribution in [1.29, 1.82) is 0 Å². The molecule has 102 valence electrons. The van der Waals surface area contributed by atoms with Crippen LogP contribution in [0.3, 0.4) is 0 Å². The van der Waals surface area contributed by atoms with Crippen molar-refractivity contribution in [2.45, 2.75) is 16.2 Å². The summed E-state index contributed by atoms with van der Waals surface area (Å²) in [5.41, 5.74) is 1.07. The summed E-state index contributed by atoms with van der Waals surface area (Å²) in [7, 11) is 0. The van der Waals surface area contributed by atoms with Gasteiger partial charge in [-0.25, -0.2) is 0 Å². The number of aromatic nitrogens is 1. The molecule has 20 heavy (non-hydrogen) atoms. The molecule has 6 heteroatoms. The fourth-order valence-corrected chi connectivity index (χ4v) is 5.41. The first-order chi connectivity index (χ1) is 9.74. The van der Waals surface area contributed by atoms with Crippen LogP contribution in [0.25, 0.3) is 0 Å². The fourth-order valence-electron chi connectivity index (χ4n) is 2.93. The van der Waals surface area contributed by atoms with Crippen LogP contribution in [-0.4, -0.2) is 22.8 Å². The Labute approximate surface area is 123 Å². The number of fused-ring (bicyclic) bond motifs is 2. The molecule has 1 saturated heterocycles. The van der Waals surface area contributed by atoms with Crippen LogP contribution < -0.4 is 4.87 Å².